The van der Waals surface area contributed by atoms with Crippen LogP contribution in [-0.4, -0.2) is 19.1 Å². The molecule has 0 fully saturated rings. The smallest absolute Gasteiger partial charge is 0.338 e. The molecule has 0 aromatic carbocycles. The number of methoxy groups -OCH3 is 1. The third-order valence-corrected chi connectivity index (χ3v) is 2.50. The lowest BCUT2D eigenvalue weighted by Crippen LogP contribution is -2.09. The Morgan fingerprint density at radius 3 is 3.00 bits per heavy atom. The van der Waals surface area contributed by atoms with Gasteiger partial charge in [-0.2, -0.15) is 0 Å². The maximum atomic E-state index is 11.1. The summed E-state index contributed by atoms with van der Waals surface area (Å²) in [5.41, 5.74) is 6.14. The van der Waals surface area contributed by atoms with Gasteiger partial charge in [-0.15, -0.1) is 11.3 Å². The largest absolute Gasteiger partial charge is 0.465 e. The SMILES string of the molecule is COC(=O)c1csc(/C=C/C(C)N)c1. The topological polar surface area (TPSA) is 52.3 Å². The Morgan fingerprint density at radius 1 is 1.71 bits per heavy atom. The monoisotopic (exact) mass is 211 g/mol. The van der Waals surface area contributed by atoms with Gasteiger partial charge in [-0.3, -0.25) is 0 Å². The van der Waals surface area contributed by atoms with Gasteiger partial charge in [-0.25, -0.2) is 4.79 Å². The van der Waals surface area contributed by atoms with E-state index in [1.807, 2.05) is 19.1 Å². The maximum Gasteiger partial charge on any atom is 0.338 e. The van der Waals surface area contributed by atoms with E-state index in [0.717, 1.165) is 4.88 Å². The van der Waals surface area contributed by atoms with Crippen molar-refractivity contribution < 1.29 is 9.53 Å². The Hall–Kier alpha value is -1.13. The fraction of sp³-hybridized carbons (Fsp3) is 0.300. The van der Waals surface area contributed by atoms with Gasteiger partial charge in [0, 0.05) is 16.3 Å². The van der Waals surface area contributed by atoms with Gasteiger partial charge in [0.25, 0.3) is 0 Å². The third kappa shape index (κ3) is 2.97. The normalized spacial score (nSPS) is 13.1. The second kappa shape index (κ2) is 4.93. The lowest BCUT2D eigenvalue weighted by molar-refractivity contribution is 0.0601. The first-order valence-corrected chi connectivity index (χ1v) is 5.12. The molecule has 4 heteroatoms. The van der Waals surface area contributed by atoms with E-state index in [4.69, 9.17) is 5.73 Å². The Bertz CT molecular complexity index is 342. The molecule has 0 saturated carbocycles. The van der Waals surface area contributed by atoms with E-state index < -0.39 is 0 Å². The zero-order valence-electron chi connectivity index (χ0n) is 8.19. The Morgan fingerprint density at radius 2 is 2.43 bits per heavy atom. The zero-order valence-corrected chi connectivity index (χ0v) is 9.01. The number of nitrogens with two attached hydrogens (primary N) is 1. The average molecular weight is 211 g/mol. The summed E-state index contributed by atoms with van der Waals surface area (Å²) in [6.45, 7) is 1.89. The average Bonchev–Trinajstić information content (AvgIpc) is 2.62. The quantitative estimate of drug-likeness (QED) is 0.777. The van der Waals surface area contributed by atoms with Crippen molar-refractivity contribution in [3.8, 4) is 0 Å². The van der Waals surface area contributed by atoms with E-state index in [2.05, 4.69) is 4.74 Å². The zero-order chi connectivity index (χ0) is 10.6. The van der Waals surface area contributed by atoms with Gasteiger partial charge in [0.15, 0.2) is 0 Å². The van der Waals surface area contributed by atoms with Crippen LogP contribution in [0.15, 0.2) is 17.5 Å². The van der Waals surface area contributed by atoms with Gasteiger partial charge in [-0.1, -0.05) is 6.08 Å². The first-order chi connectivity index (χ1) is 6.63. The molecule has 1 aromatic heterocycles. The molecule has 1 atom stereocenters. The van der Waals surface area contributed by atoms with Crippen LogP contribution in [0, 0.1) is 0 Å². The van der Waals surface area contributed by atoms with Crippen LogP contribution in [-0.2, 0) is 4.74 Å². The molecule has 0 radical (unpaired) electrons. The molecule has 0 amide bonds. The molecule has 1 unspecified atom stereocenters. The fourth-order valence-electron chi connectivity index (χ4n) is 0.912. The molecule has 3 nitrogen and oxygen atoms in total. The van der Waals surface area contributed by atoms with Crippen LogP contribution in [0.3, 0.4) is 0 Å². The lowest BCUT2D eigenvalue weighted by Gasteiger charge is -1.93. The van der Waals surface area contributed by atoms with Crippen LogP contribution in [0.25, 0.3) is 6.08 Å². The van der Waals surface area contributed by atoms with E-state index >= 15 is 0 Å². The highest BCUT2D eigenvalue weighted by molar-refractivity contribution is 7.11. The van der Waals surface area contributed by atoms with Crippen molar-refractivity contribution in [1.29, 1.82) is 0 Å². The highest BCUT2D eigenvalue weighted by atomic mass is 32.1. The van der Waals surface area contributed by atoms with Gasteiger partial charge >= 0.3 is 5.97 Å². The highest BCUT2D eigenvalue weighted by Gasteiger charge is 2.06. The Kier molecular flexibility index (Phi) is 3.85. The van der Waals surface area contributed by atoms with Crippen molar-refractivity contribution >= 4 is 23.4 Å². The second-order valence-corrected chi connectivity index (χ2v) is 3.89. The molecule has 14 heavy (non-hydrogen) atoms. The molecule has 76 valence electrons. The van der Waals surface area contributed by atoms with Crippen molar-refractivity contribution in [2.75, 3.05) is 7.11 Å². The number of esters is 1. The van der Waals surface area contributed by atoms with E-state index in [1.54, 1.807) is 11.4 Å². The van der Waals surface area contributed by atoms with E-state index in [1.165, 1.54) is 18.4 Å². The maximum absolute atomic E-state index is 11.1. The number of ether oxygens (including phenoxy) is 1. The first-order valence-electron chi connectivity index (χ1n) is 4.24. The van der Waals surface area contributed by atoms with E-state index in [0.29, 0.717) is 5.56 Å². The van der Waals surface area contributed by atoms with Crippen LogP contribution in [0.4, 0.5) is 0 Å². The summed E-state index contributed by atoms with van der Waals surface area (Å²) in [6.07, 6.45) is 3.79. The van der Waals surface area contributed by atoms with Crippen molar-refractivity contribution in [1.82, 2.24) is 0 Å². The molecule has 0 aliphatic rings. The van der Waals surface area contributed by atoms with Crippen molar-refractivity contribution in [3.05, 3.63) is 28.0 Å². The summed E-state index contributed by atoms with van der Waals surface area (Å²) in [4.78, 5) is 12.1. The Balaban J connectivity index is 2.73. The van der Waals surface area contributed by atoms with Crippen molar-refractivity contribution in [2.24, 2.45) is 5.73 Å². The molecule has 0 aliphatic heterocycles. The molecule has 1 rings (SSSR count). The van der Waals surface area contributed by atoms with Crippen molar-refractivity contribution in [2.45, 2.75) is 13.0 Å². The number of hydrogen-bond acceptors (Lipinski definition) is 4. The number of carbonyl (C=O) groups excluding carboxylic acids is 1. The van der Waals surface area contributed by atoms with Gasteiger partial charge < -0.3 is 10.5 Å². The van der Waals surface area contributed by atoms with Crippen LogP contribution in [0.1, 0.15) is 22.2 Å². The van der Waals surface area contributed by atoms with Crippen LogP contribution in [0.5, 0.6) is 0 Å². The molecule has 1 heterocycles. The van der Waals surface area contributed by atoms with Crippen LogP contribution in [0.2, 0.25) is 0 Å². The minimum Gasteiger partial charge on any atom is -0.465 e. The lowest BCUT2D eigenvalue weighted by atomic mass is 10.2. The number of thiophene rings is 1. The van der Waals surface area contributed by atoms with Crippen LogP contribution >= 0.6 is 11.3 Å². The second-order valence-electron chi connectivity index (χ2n) is 2.95. The minimum atomic E-state index is -0.304. The summed E-state index contributed by atoms with van der Waals surface area (Å²) in [7, 11) is 1.37. The van der Waals surface area contributed by atoms with Gasteiger partial charge in [0.1, 0.15) is 0 Å². The minimum absolute atomic E-state index is 0.0266. The molecule has 1 aromatic rings. The summed E-state index contributed by atoms with van der Waals surface area (Å²) in [5.74, 6) is -0.304. The summed E-state index contributed by atoms with van der Waals surface area (Å²) < 4.78 is 4.59. The van der Waals surface area contributed by atoms with E-state index in [9.17, 15) is 4.79 Å². The molecule has 2 N–H and O–H groups in total. The highest BCUT2D eigenvalue weighted by Crippen LogP contribution is 2.17. The molecule has 0 bridgehead atoms. The molecule has 0 saturated heterocycles. The summed E-state index contributed by atoms with van der Waals surface area (Å²) in [5, 5.41) is 1.77. The number of hydrogen-bond donors (Lipinski definition) is 1. The van der Waals surface area contributed by atoms with Gasteiger partial charge in [0.2, 0.25) is 0 Å². The molecular formula is C10H13NO2S. The van der Waals surface area contributed by atoms with Gasteiger partial charge in [-0.05, 0) is 19.1 Å². The molecular weight excluding hydrogens is 198 g/mol. The van der Waals surface area contributed by atoms with E-state index in [-0.39, 0.29) is 12.0 Å². The first kappa shape index (κ1) is 10.9. The molecule has 0 aliphatic carbocycles. The summed E-state index contributed by atoms with van der Waals surface area (Å²) >= 11 is 1.49. The summed E-state index contributed by atoms with van der Waals surface area (Å²) in [6, 6.07) is 1.81. The number of carbonyl (C=O) groups is 1. The van der Waals surface area contributed by atoms with Crippen LogP contribution < -0.4 is 5.73 Å². The standard InChI is InChI=1S/C10H13NO2S/c1-7(11)3-4-9-5-8(6-14-9)10(12)13-2/h3-7H,11H2,1-2H3/b4-3+. The molecule has 0 spiro atoms. The van der Waals surface area contributed by atoms with Crippen molar-refractivity contribution in [3.63, 3.8) is 0 Å². The predicted octanol–water partition coefficient (Wildman–Crippen LogP) is 1.90. The Labute approximate surface area is 87.2 Å². The fourth-order valence-corrected chi connectivity index (χ4v) is 1.69. The number of rotatable bonds is 3. The van der Waals surface area contributed by atoms with Gasteiger partial charge in [0.05, 0.1) is 12.7 Å². The predicted molar refractivity (Wildman–Crippen MR) is 58.3 cm³/mol. The third-order valence-electron chi connectivity index (χ3n) is 1.60.